The topological polar surface area (TPSA) is 65.0 Å². The molecule has 0 N–H and O–H groups in total. The molecule has 0 bridgehead atoms. The van der Waals surface area contributed by atoms with Gasteiger partial charge in [-0.2, -0.15) is 0 Å². The molecule has 1 heterocycles. The van der Waals surface area contributed by atoms with Crippen LogP contribution in [0.1, 0.15) is 51.5 Å². The predicted octanol–water partition coefficient (Wildman–Crippen LogP) is 3.98. The van der Waals surface area contributed by atoms with Crippen molar-refractivity contribution in [1.29, 1.82) is 0 Å². The molecule has 0 aromatic heterocycles. The third-order valence-electron chi connectivity index (χ3n) is 5.08. The summed E-state index contributed by atoms with van der Waals surface area (Å²) in [4.78, 5) is 30.2. The third-order valence-corrected chi connectivity index (χ3v) is 5.08. The molecule has 0 saturated carbocycles. The van der Waals surface area contributed by atoms with E-state index in [0.717, 1.165) is 12.1 Å². The smallest absolute Gasteiger partial charge is 0.315 e. The summed E-state index contributed by atoms with van der Waals surface area (Å²) in [6.45, 7) is 6.00. The molecule has 5 nitrogen and oxygen atoms in total. The Labute approximate surface area is 164 Å². The molecule has 0 spiro atoms. The Morgan fingerprint density at radius 3 is 2.79 bits per heavy atom. The average Bonchev–Trinajstić information content (AvgIpc) is 2.64. The van der Waals surface area contributed by atoms with E-state index in [1.165, 1.54) is 12.1 Å². The van der Waals surface area contributed by atoms with Crippen LogP contribution < -0.4 is 0 Å². The molecule has 1 aromatic rings. The summed E-state index contributed by atoms with van der Waals surface area (Å²) in [5, 5.41) is 0. The summed E-state index contributed by atoms with van der Waals surface area (Å²) >= 11 is 0. The Bertz CT molecular complexity index is 828. The fourth-order valence-corrected chi connectivity index (χ4v) is 3.89. The maximum absolute atomic E-state index is 13.9. The van der Waals surface area contributed by atoms with Gasteiger partial charge in [-0.15, -0.1) is 0 Å². The lowest BCUT2D eigenvalue weighted by Crippen LogP contribution is -2.37. The van der Waals surface area contributed by atoms with Crippen molar-refractivity contribution in [2.24, 2.45) is 10.9 Å². The van der Waals surface area contributed by atoms with Gasteiger partial charge in [-0.05, 0) is 51.3 Å². The van der Waals surface area contributed by atoms with E-state index in [-0.39, 0.29) is 18.5 Å². The van der Waals surface area contributed by atoms with Crippen LogP contribution in [-0.4, -0.2) is 36.8 Å². The highest BCUT2D eigenvalue weighted by Gasteiger charge is 2.43. The molecule has 0 radical (unpaired) electrons. The molecule has 1 aliphatic carbocycles. The molecule has 1 aromatic carbocycles. The molecule has 150 valence electrons. The lowest BCUT2D eigenvalue weighted by atomic mass is 9.72. The van der Waals surface area contributed by atoms with E-state index in [1.54, 1.807) is 19.1 Å². The number of aliphatic imine (C=N–C) groups is 1. The van der Waals surface area contributed by atoms with Crippen molar-refractivity contribution >= 4 is 17.5 Å². The number of benzene rings is 1. The molecule has 3 rings (SSSR count). The Morgan fingerprint density at radius 2 is 2.07 bits per heavy atom. The van der Waals surface area contributed by atoms with Gasteiger partial charge in [0.2, 0.25) is 0 Å². The van der Waals surface area contributed by atoms with Crippen LogP contribution in [0.3, 0.4) is 0 Å². The Hall–Kier alpha value is -2.34. The van der Waals surface area contributed by atoms with Gasteiger partial charge < -0.3 is 9.47 Å². The standard InChI is InChI=1S/C22H26FNO4/c1-13(2)27-10-11-28-22(26)19-14(3)24-17-8-5-9-18(25)21(17)20(19)15-6-4-7-16(23)12-15/h4,6-7,12-13,19-20H,5,8-11H2,1-3H3/t19?,20-/m0/s1. The van der Waals surface area contributed by atoms with Crippen LogP contribution in [0.2, 0.25) is 0 Å². The summed E-state index contributed by atoms with van der Waals surface area (Å²) in [5.41, 5.74) is 2.44. The minimum atomic E-state index is -0.748. The van der Waals surface area contributed by atoms with Crippen molar-refractivity contribution in [1.82, 2.24) is 0 Å². The molecule has 28 heavy (non-hydrogen) atoms. The van der Waals surface area contributed by atoms with Crippen molar-refractivity contribution in [3.8, 4) is 0 Å². The SMILES string of the molecule is CC1=NC2=C(C(=O)CCC2)[C@@H](c2cccc(F)c2)C1C(=O)OCCOC(C)C. The number of esters is 1. The van der Waals surface area contributed by atoms with Crippen LogP contribution in [0.5, 0.6) is 0 Å². The first kappa shape index (κ1) is 20.4. The van der Waals surface area contributed by atoms with Crippen LogP contribution in [0.4, 0.5) is 4.39 Å². The van der Waals surface area contributed by atoms with E-state index < -0.39 is 23.6 Å². The molecule has 1 unspecified atom stereocenters. The first-order valence-corrected chi connectivity index (χ1v) is 9.73. The molecule has 1 aliphatic heterocycles. The summed E-state index contributed by atoms with van der Waals surface area (Å²) in [5.74, 6) is -2.21. The van der Waals surface area contributed by atoms with Crippen LogP contribution in [-0.2, 0) is 19.1 Å². The molecule has 0 amide bonds. The highest BCUT2D eigenvalue weighted by Crippen LogP contribution is 2.43. The van der Waals surface area contributed by atoms with Crippen molar-refractivity contribution in [3.63, 3.8) is 0 Å². The highest BCUT2D eigenvalue weighted by molar-refractivity contribution is 6.08. The minimum absolute atomic E-state index is 0.0206. The van der Waals surface area contributed by atoms with Gasteiger partial charge in [0.05, 0.1) is 12.7 Å². The second kappa shape index (κ2) is 8.78. The second-order valence-corrected chi connectivity index (χ2v) is 7.49. The number of rotatable bonds is 6. The van der Waals surface area contributed by atoms with Gasteiger partial charge in [0.1, 0.15) is 18.3 Å². The van der Waals surface area contributed by atoms with Gasteiger partial charge in [-0.3, -0.25) is 14.6 Å². The lowest BCUT2D eigenvalue weighted by molar-refractivity contribution is -0.148. The maximum Gasteiger partial charge on any atom is 0.315 e. The van der Waals surface area contributed by atoms with E-state index in [1.807, 2.05) is 13.8 Å². The van der Waals surface area contributed by atoms with Gasteiger partial charge in [-0.1, -0.05) is 12.1 Å². The van der Waals surface area contributed by atoms with Crippen LogP contribution in [0, 0.1) is 11.7 Å². The van der Waals surface area contributed by atoms with Crippen LogP contribution in [0.25, 0.3) is 0 Å². The zero-order chi connectivity index (χ0) is 20.3. The summed E-state index contributed by atoms with van der Waals surface area (Å²) in [7, 11) is 0. The number of Topliss-reactive ketones (excluding diaryl/α,β-unsaturated/α-hetero) is 1. The van der Waals surface area contributed by atoms with Gasteiger partial charge in [0.25, 0.3) is 0 Å². The van der Waals surface area contributed by atoms with Crippen molar-refractivity contribution in [2.45, 2.75) is 52.1 Å². The maximum atomic E-state index is 13.9. The third kappa shape index (κ3) is 4.38. The number of carbonyl (C=O) groups excluding carboxylic acids is 2. The molecule has 6 heteroatoms. The largest absolute Gasteiger partial charge is 0.463 e. The summed E-state index contributed by atoms with van der Waals surface area (Å²) in [6.07, 6.45) is 1.90. The van der Waals surface area contributed by atoms with Gasteiger partial charge in [0.15, 0.2) is 5.78 Å². The zero-order valence-corrected chi connectivity index (χ0v) is 16.5. The summed E-state index contributed by atoms with van der Waals surface area (Å²) in [6, 6.07) is 6.08. The van der Waals surface area contributed by atoms with E-state index in [9.17, 15) is 14.0 Å². The number of allylic oxidation sites excluding steroid dienone is 2. The predicted molar refractivity (Wildman–Crippen MR) is 104 cm³/mol. The Balaban J connectivity index is 1.93. The number of hydrogen-bond donors (Lipinski definition) is 0. The normalized spacial score (nSPS) is 22.2. The van der Waals surface area contributed by atoms with Crippen molar-refractivity contribution < 1.29 is 23.5 Å². The quantitative estimate of drug-likeness (QED) is 0.547. The first-order valence-electron chi connectivity index (χ1n) is 9.73. The van der Waals surface area contributed by atoms with E-state index in [2.05, 4.69) is 4.99 Å². The van der Waals surface area contributed by atoms with Gasteiger partial charge >= 0.3 is 5.97 Å². The molecular weight excluding hydrogens is 361 g/mol. The second-order valence-electron chi connectivity index (χ2n) is 7.49. The number of ether oxygens (including phenoxy) is 2. The molecule has 2 atom stereocenters. The summed E-state index contributed by atoms with van der Waals surface area (Å²) < 4.78 is 24.8. The molecular formula is C22H26FNO4. The number of nitrogens with zero attached hydrogens (tertiary/aromatic N) is 1. The lowest BCUT2D eigenvalue weighted by Gasteiger charge is -2.34. The van der Waals surface area contributed by atoms with Crippen LogP contribution >= 0.6 is 0 Å². The molecule has 0 fully saturated rings. The highest BCUT2D eigenvalue weighted by atomic mass is 19.1. The molecule has 0 saturated heterocycles. The number of hydrogen-bond acceptors (Lipinski definition) is 5. The number of halogens is 1. The van der Waals surface area contributed by atoms with Gasteiger partial charge in [0, 0.05) is 29.3 Å². The fourth-order valence-electron chi connectivity index (χ4n) is 3.89. The minimum Gasteiger partial charge on any atom is -0.463 e. The Morgan fingerprint density at radius 1 is 1.29 bits per heavy atom. The Kier molecular flexibility index (Phi) is 6.39. The number of ketones is 1. The molecule has 2 aliphatic rings. The average molecular weight is 387 g/mol. The van der Waals surface area contributed by atoms with Crippen molar-refractivity contribution in [3.05, 3.63) is 46.9 Å². The van der Waals surface area contributed by atoms with Crippen molar-refractivity contribution in [2.75, 3.05) is 13.2 Å². The fraction of sp³-hybridized carbons (Fsp3) is 0.500. The zero-order valence-electron chi connectivity index (χ0n) is 16.5. The number of carbonyl (C=O) groups is 2. The van der Waals surface area contributed by atoms with Crippen LogP contribution in [0.15, 0.2) is 40.5 Å². The first-order chi connectivity index (χ1) is 13.4. The van der Waals surface area contributed by atoms with E-state index >= 15 is 0 Å². The van der Waals surface area contributed by atoms with E-state index in [0.29, 0.717) is 36.3 Å². The van der Waals surface area contributed by atoms with E-state index in [4.69, 9.17) is 9.47 Å². The monoisotopic (exact) mass is 387 g/mol. The van der Waals surface area contributed by atoms with Gasteiger partial charge in [-0.25, -0.2) is 4.39 Å².